The summed E-state index contributed by atoms with van der Waals surface area (Å²) in [5.74, 6) is -0.217. The van der Waals surface area contributed by atoms with E-state index in [1.54, 1.807) is 4.57 Å². The van der Waals surface area contributed by atoms with Gasteiger partial charge in [-0.25, -0.2) is 15.0 Å². The molecule has 9 nitrogen and oxygen atoms in total. The molecule has 20 heavy (non-hydrogen) atoms. The third-order valence-corrected chi connectivity index (χ3v) is 3.83. The van der Waals surface area contributed by atoms with Crippen LogP contribution in [0.5, 0.6) is 0 Å². The zero-order chi connectivity index (χ0) is 14.3. The van der Waals surface area contributed by atoms with Crippen molar-refractivity contribution in [2.24, 2.45) is 5.92 Å². The molecule has 2 heterocycles. The zero-order valence-electron chi connectivity index (χ0n) is 10.5. The van der Waals surface area contributed by atoms with E-state index in [1.165, 1.54) is 12.7 Å². The van der Waals surface area contributed by atoms with Crippen LogP contribution in [0.2, 0.25) is 0 Å². The lowest BCUT2D eigenvalue weighted by Gasteiger charge is -2.18. The summed E-state index contributed by atoms with van der Waals surface area (Å²) in [5.41, 5.74) is 2.74. The van der Waals surface area contributed by atoms with Crippen LogP contribution in [0, 0.1) is 5.92 Å². The highest BCUT2D eigenvalue weighted by atomic mass is 16.5. The molecular weight excluding hydrogens is 266 g/mol. The quantitative estimate of drug-likeness (QED) is 0.447. The van der Waals surface area contributed by atoms with Gasteiger partial charge in [-0.05, 0) is 6.42 Å². The summed E-state index contributed by atoms with van der Waals surface area (Å²) < 4.78 is 1.63. The molecule has 4 unspecified atom stereocenters. The number of aliphatic hydroxyl groups excluding tert-OH is 3. The van der Waals surface area contributed by atoms with Gasteiger partial charge in [0.05, 0.1) is 18.5 Å². The second-order valence-electron chi connectivity index (χ2n) is 4.89. The van der Waals surface area contributed by atoms with Gasteiger partial charge in [0, 0.05) is 12.5 Å². The van der Waals surface area contributed by atoms with E-state index < -0.39 is 18.2 Å². The van der Waals surface area contributed by atoms with E-state index >= 15 is 0 Å². The fourth-order valence-corrected chi connectivity index (χ4v) is 2.73. The topological polar surface area (TPSA) is 137 Å². The van der Waals surface area contributed by atoms with Crippen LogP contribution in [0.1, 0.15) is 12.5 Å². The minimum absolute atomic E-state index is 0.167. The fourth-order valence-electron chi connectivity index (χ4n) is 2.73. The van der Waals surface area contributed by atoms with Gasteiger partial charge in [0.15, 0.2) is 17.0 Å². The van der Waals surface area contributed by atoms with E-state index in [2.05, 4.69) is 15.0 Å². The van der Waals surface area contributed by atoms with Crippen molar-refractivity contribution in [3.05, 3.63) is 12.7 Å². The van der Waals surface area contributed by atoms with Gasteiger partial charge in [0.2, 0.25) is 0 Å². The molecule has 4 atom stereocenters. The highest BCUT2D eigenvalue weighted by Crippen LogP contribution is 2.36. The molecule has 0 radical (unpaired) electrons. The highest BCUT2D eigenvalue weighted by Gasteiger charge is 2.42. The predicted molar refractivity (Wildman–Crippen MR) is 67.0 cm³/mol. The third kappa shape index (κ3) is 1.83. The second kappa shape index (κ2) is 4.94. The Morgan fingerprint density at radius 3 is 2.70 bits per heavy atom. The molecule has 1 saturated carbocycles. The monoisotopic (exact) mass is 281 g/mol. The highest BCUT2D eigenvalue weighted by molar-refractivity contribution is 5.82. The van der Waals surface area contributed by atoms with Gasteiger partial charge in [0.1, 0.15) is 12.4 Å². The minimum Gasteiger partial charge on any atom is -0.396 e. The Morgan fingerprint density at radius 2 is 2.05 bits per heavy atom. The molecule has 0 spiro atoms. The Hall–Kier alpha value is -1.81. The normalized spacial score (nSPS) is 30.0. The summed E-state index contributed by atoms with van der Waals surface area (Å²) in [7, 11) is 0. The van der Waals surface area contributed by atoms with E-state index in [1.807, 2.05) is 5.48 Å². The van der Waals surface area contributed by atoms with E-state index in [0.29, 0.717) is 17.6 Å². The lowest BCUT2D eigenvalue weighted by molar-refractivity contribution is -0.00370. The number of anilines is 1. The molecule has 0 amide bonds. The third-order valence-electron chi connectivity index (χ3n) is 3.83. The first kappa shape index (κ1) is 13.2. The molecule has 0 bridgehead atoms. The van der Waals surface area contributed by atoms with Crippen molar-refractivity contribution in [1.82, 2.24) is 19.5 Å². The van der Waals surface area contributed by atoms with Gasteiger partial charge >= 0.3 is 0 Å². The number of hydrogen-bond acceptors (Lipinski definition) is 8. The number of aromatic nitrogens is 4. The lowest BCUT2D eigenvalue weighted by atomic mass is 10.1. The van der Waals surface area contributed by atoms with Crippen LogP contribution in [0.25, 0.3) is 11.2 Å². The maximum absolute atomic E-state index is 10.1. The van der Waals surface area contributed by atoms with Crippen molar-refractivity contribution in [3.63, 3.8) is 0 Å². The first-order chi connectivity index (χ1) is 9.67. The Labute approximate surface area is 113 Å². The van der Waals surface area contributed by atoms with Crippen LogP contribution in [0.15, 0.2) is 12.7 Å². The molecule has 0 aromatic carbocycles. The summed E-state index contributed by atoms with van der Waals surface area (Å²) in [6, 6.07) is -0.436. The lowest BCUT2D eigenvalue weighted by Crippen LogP contribution is -2.30. The van der Waals surface area contributed by atoms with Crippen molar-refractivity contribution in [2.45, 2.75) is 24.7 Å². The summed E-state index contributed by atoms with van der Waals surface area (Å²) in [6.07, 6.45) is 1.15. The molecule has 5 N–H and O–H groups in total. The van der Waals surface area contributed by atoms with Gasteiger partial charge in [-0.15, -0.1) is 0 Å². The Balaban J connectivity index is 2.03. The van der Waals surface area contributed by atoms with Crippen LogP contribution in [0.3, 0.4) is 0 Å². The van der Waals surface area contributed by atoms with Gasteiger partial charge in [-0.3, -0.25) is 10.7 Å². The number of nitrogens with zero attached hydrogens (tertiary/aromatic N) is 4. The Bertz CT molecular complexity index is 618. The molecule has 3 rings (SSSR count). The molecule has 1 aliphatic carbocycles. The number of imidazole rings is 1. The van der Waals surface area contributed by atoms with Crippen LogP contribution >= 0.6 is 0 Å². The molecule has 0 aliphatic heterocycles. The standard InChI is InChI=1S/C11H15N5O4/c17-2-5-1-6(9(19)8(5)18)16-4-14-7-10(15-20)12-3-13-11(7)16/h3-6,8-9,17-20H,1-2H2,(H,12,13,15). The average molecular weight is 281 g/mol. The molecule has 9 heteroatoms. The Kier molecular flexibility index (Phi) is 3.26. The SMILES string of the molecule is OCC1CC(n2cnc3c(NO)ncnc32)C(O)C1O. The molecule has 1 fully saturated rings. The summed E-state index contributed by atoms with van der Waals surface area (Å²) in [6.45, 7) is -0.195. The van der Waals surface area contributed by atoms with E-state index in [4.69, 9.17) is 5.21 Å². The second-order valence-corrected chi connectivity index (χ2v) is 4.89. The molecule has 2 aromatic heterocycles. The summed E-state index contributed by atoms with van der Waals surface area (Å²) in [5, 5.41) is 38.1. The van der Waals surface area contributed by atoms with Crippen LogP contribution in [0.4, 0.5) is 5.82 Å². The zero-order valence-corrected chi connectivity index (χ0v) is 10.5. The maximum Gasteiger partial charge on any atom is 0.181 e. The molecule has 108 valence electrons. The molecule has 1 aliphatic rings. The largest absolute Gasteiger partial charge is 0.396 e. The number of fused-ring (bicyclic) bond motifs is 1. The smallest absolute Gasteiger partial charge is 0.181 e. The van der Waals surface area contributed by atoms with E-state index in [-0.39, 0.29) is 18.3 Å². The number of aliphatic hydroxyl groups is 3. The van der Waals surface area contributed by atoms with E-state index in [9.17, 15) is 15.3 Å². The van der Waals surface area contributed by atoms with Crippen molar-refractivity contribution in [3.8, 4) is 0 Å². The average Bonchev–Trinajstić information content (AvgIpc) is 3.01. The minimum atomic E-state index is -1.01. The fraction of sp³-hybridized carbons (Fsp3) is 0.545. The Morgan fingerprint density at radius 1 is 1.25 bits per heavy atom. The first-order valence-electron chi connectivity index (χ1n) is 6.22. The van der Waals surface area contributed by atoms with Gasteiger partial charge in [-0.2, -0.15) is 0 Å². The van der Waals surface area contributed by atoms with Crippen LogP contribution in [-0.4, -0.2) is 58.9 Å². The number of hydrogen-bond donors (Lipinski definition) is 5. The molecule has 2 aromatic rings. The van der Waals surface area contributed by atoms with Crippen molar-refractivity contribution < 1.29 is 20.5 Å². The van der Waals surface area contributed by atoms with Crippen molar-refractivity contribution >= 4 is 17.0 Å². The van der Waals surface area contributed by atoms with Gasteiger partial charge in [-0.1, -0.05) is 0 Å². The number of nitrogens with one attached hydrogen (secondary N) is 1. The van der Waals surface area contributed by atoms with Crippen LogP contribution in [-0.2, 0) is 0 Å². The summed E-state index contributed by atoms with van der Waals surface area (Å²) >= 11 is 0. The molecule has 0 saturated heterocycles. The van der Waals surface area contributed by atoms with Gasteiger partial charge in [0.25, 0.3) is 0 Å². The predicted octanol–water partition coefficient (Wildman–Crippen LogP) is -1.10. The summed E-state index contributed by atoms with van der Waals surface area (Å²) in [4.78, 5) is 12.0. The maximum atomic E-state index is 10.1. The first-order valence-corrected chi connectivity index (χ1v) is 6.22. The van der Waals surface area contributed by atoms with E-state index in [0.717, 1.165) is 0 Å². The van der Waals surface area contributed by atoms with Crippen LogP contribution < -0.4 is 5.48 Å². The van der Waals surface area contributed by atoms with Gasteiger partial charge < -0.3 is 19.9 Å². The van der Waals surface area contributed by atoms with Crippen molar-refractivity contribution in [1.29, 1.82) is 0 Å². The van der Waals surface area contributed by atoms with Crippen molar-refractivity contribution in [2.75, 3.05) is 12.1 Å². The molecular formula is C11H15N5O4. The number of rotatable bonds is 3.